The molecule has 7 heteroatoms. The third-order valence-electron chi connectivity index (χ3n) is 4.19. The Morgan fingerprint density at radius 2 is 2.32 bits per heavy atom. The van der Waals surface area contributed by atoms with Crippen molar-refractivity contribution < 1.29 is 9.53 Å². The molecular weight excluding hydrogens is 282 g/mol. The van der Waals surface area contributed by atoms with Crippen LogP contribution >= 0.6 is 0 Å². The first-order chi connectivity index (χ1) is 10.8. The molecule has 120 valence electrons. The highest BCUT2D eigenvalue weighted by Gasteiger charge is 2.25. The van der Waals surface area contributed by atoms with Crippen molar-refractivity contribution in [2.45, 2.75) is 31.3 Å². The number of nitrogens with zero attached hydrogens (tertiary/aromatic N) is 3. The van der Waals surface area contributed by atoms with Crippen molar-refractivity contribution in [1.29, 1.82) is 0 Å². The third kappa shape index (κ3) is 4.14. The maximum Gasteiger partial charge on any atom is 0.224 e. The molecule has 0 saturated carbocycles. The lowest BCUT2D eigenvalue weighted by Gasteiger charge is -2.34. The lowest BCUT2D eigenvalue weighted by molar-refractivity contribution is -0.133. The van der Waals surface area contributed by atoms with Crippen molar-refractivity contribution >= 4 is 11.7 Å². The molecule has 2 saturated heterocycles. The molecule has 0 aliphatic carbocycles. The fraction of sp³-hybridized carbons (Fsp3) is 0.667. The number of hydrogen-bond acceptors (Lipinski definition) is 6. The summed E-state index contributed by atoms with van der Waals surface area (Å²) in [5.41, 5.74) is 0. The summed E-state index contributed by atoms with van der Waals surface area (Å²) in [7, 11) is 0. The molecule has 22 heavy (non-hydrogen) atoms. The predicted molar refractivity (Wildman–Crippen MR) is 82.5 cm³/mol. The lowest BCUT2D eigenvalue weighted by atomic mass is 10.0. The molecule has 2 aliphatic rings. The van der Waals surface area contributed by atoms with Crippen LogP contribution in [0.5, 0.6) is 0 Å². The number of amides is 1. The van der Waals surface area contributed by atoms with Crippen LogP contribution in [0.4, 0.5) is 5.82 Å². The smallest absolute Gasteiger partial charge is 0.224 e. The van der Waals surface area contributed by atoms with Gasteiger partial charge in [0.05, 0.1) is 13.2 Å². The van der Waals surface area contributed by atoms with E-state index in [2.05, 4.69) is 20.8 Å². The van der Waals surface area contributed by atoms with E-state index in [9.17, 15) is 4.79 Å². The summed E-state index contributed by atoms with van der Waals surface area (Å²) in [6.45, 7) is 3.80. The summed E-state index contributed by atoms with van der Waals surface area (Å²) < 4.78 is 5.40. The number of ether oxygens (including phenoxy) is 1. The van der Waals surface area contributed by atoms with Crippen molar-refractivity contribution in [2.75, 3.05) is 38.2 Å². The first-order valence-electron chi connectivity index (χ1n) is 7.94. The molecule has 1 unspecified atom stereocenters. The van der Waals surface area contributed by atoms with Crippen LogP contribution in [-0.4, -0.2) is 65.9 Å². The summed E-state index contributed by atoms with van der Waals surface area (Å²) in [6.07, 6.45) is 4.07. The molecule has 2 N–H and O–H groups in total. The summed E-state index contributed by atoms with van der Waals surface area (Å²) in [4.78, 5) is 14.3. The zero-order chi connectivity index (χ0) is 15.2. The van der Waals surface area contributed by atoms with Gasteiger partial charge in [0.1, 0.15) is 5.82 Å². The van der Waals surface area contributed by atoms with E-state index in [0.717, 1.165) is 44.9 Å². The van der Waals surface area contributed by atoms with Gasteiger partial charge in [-0.1, -0.05) is 0 Å². The van der Waals surface area contributed by atoms with Gasteiger partial charge in [-0.05, 0) is 25.0 Å². The molecular formula is C15H23N5O2. The number of carbonyl (C=O) groups is 1. The first-order valence-corrected chi connectivity index (χ1v) is 7.94. The zero-order valence-corrected chi connectivity index (χ0v) is 12.7. The van der Waals surface area contributed by atoms with Gasteiger partial charge in [0.25, 0.3) is 0 Å². The van der Waals surface area contributed by atoms with E-state index in [0.29, 0.717) is 19.1 Å². The minimum Gasteiger partial charge on any atom is -0.378 e. The number of morpholine rings is 1. The van der Waals surface area contributed by atoms with Gasteiger partial charge in [0, 0.05) is 44.3 Å². The highest BCUT2D eigenvalue weighted by Crippen LogP contribution is 2.16. The van der Waals surface area contributed by atoms with Crippen LogP contribution in [0.25, 0.3) is 0 Å². The fourth-order valence-electron chi connectivity index (χ4n) is 2.95. The van der Waals surface area contributed by atoms with Gasteiger partial charge < -0.3 is 20.3 Å². The maximum atomic E-state index is 12.3. The highest BCUT2D eigenvalue weighted by atomic mass is 16.5. The summed E-state index contributed by atoms with van der Waals surface area (Å²) in [6, 6.07) is 4.31. The number of rotatable bonds is 4. The number of anilines is 1. The Labute approximate surface area is 130 Å². The molecule has 2 fully saturated rings. The van der Waals surface area contributed by atoms with E-state index < -0.39 is 0 Å². The molecule has 0 spiro atoms. The van der Waals surface area contributed by atoms with Gasteiger partial charge in [-0.3, -0.25) is 4.79 Å². The Morgan fingerprint density at radius 3 is 3.00 bits per heavy atom. The monoisotopic (exact) mass is 305 g/mol. The van der Waals surface area contributed by atoms with Crippen LogP contribution < -0.4 is 10.6 Å². The fourth-order valence-corrected chi connectivity index (χ4v) is 2.95. The minimum absolute atomic E-state index is 0.164. The van der Waals surface area contributed by atoms with Crippen molar-refractivity contribution in [1.82, 2.24) is 20.4 Å². The molecule has 2 aliphatic heterocycles. The largest absolute Gasteiger partial charge is 0.378 e. The van der Waals surface area contributed by atoms with E-state index in [1.807, 2.05) is 17.0 Å². The lowest BCUT2D eigenvalue weighted by Crippen LogP contribution is -2.47. The molecule has 1 aromatic rings. The minimum atomic E-state index is 0.164. The molecule has 7 nitrogen and oxygen atoms in total. The number of nitrogens with one attached hydrogen (secondary N) is 2. The number of aromatic nitrogens is 2. The predicted octanol–water partition coefficient (Wildman–Crippen LogP) is 0.258. The molecule has 3 heterocycles. The standard InChI is InChI=1S/C15H23N5O2/c21-15(10-13-11-22-9-6-16-13)20-7-3-12(4-8-20)18-14-2-1-5-17-19-14/h1-2,5,12-13,16H,3-4,6-11H2,(H,18,19). The number of piperidine rings is 1. The average Bonchev–Trinajstić information content (AvgIpc) is 2.57. The van der Waals surface area contributed by atoms with Crippen LogP contribution in [-0.2, 0) is 9.53 Å². The Morgan fingerprint density at radius 1 is 1.45 bits per heavy atom. The van der Waals surface area contributed by atoms with E-state index in [1.165, 1.54) is 0 Å². The van der Waals surface area contributed by atoms with Crippen LogP contribution in [0.2, 0.25) is 0 Å². The van der Waals surface area contributed by atoms with E-state index >= 15 is 0 Å². The van der Waals surface area contributed by atoms with Crippen molar-refractivity contribution in [3.63, 3.8) is 0 Å². The zero-order valence-electron chi connectivity index (χ0n) is 12.7. The molecule has 1 amide bonds. The summed E-state index contributed by atoms with van der Waals surface area (Å²) in [5.74, 6) is 1.02. The van der Waals surface area contributed by atoms with Crippen LogP contribution in [0, 0.1) is 0 Å². The average molecular weight is 305 g/mol. The Kier molecular flexibility index (Phi) is 5.18. The van der Waals surface area contributed by atoms with Gasteiger partial charge in [-0.25, -0.2) is 0 Å². The molecule has 1 aromatic heterocycles. The van der Waals surface area contributed by atoms with Gasteiger partial charge in [-0.15, -0.1) is 5.10 Å². The molecule has 3 rings (SSSR count). The molecule has 0 radical (unpaired) electrons. The van der Waals surface area contributed by atoms with Crippen molar-refractivity contribution in [3.8, 4) is 0 Å². The van der Waals surface area contributed by atoms with Gasteiger partial charge in [0.15, 0.2) is 0 Å². The third-order valence-corrected chi connectivity index (χ3v) is 4.19. The van der Waals surface area contributed by atoms with Gasteiger partial charge >= 0.3 is 0 Å². The summed E-state index contributed by atoms with van der Waals surface area (Å²) >= 11 is 0. The highest BCUT2D eigenvalue weighted by molar-refractivity contribution is 5.77. The molecule has 1 atom stereocenters. The second kappa shape index (κ2) is 7.51. The van der Waals surface area contributed by atoms with Crippen molar-refractivity contribution in [3.05, 3.63) is 18.3 Å². The van der Waals surface area contributed by atoms with Gasteiger partial charge in [-0.2, -0.15) is 5.10 Å². The summed E-state index contributed by atoms with van der Waals surface area (Å²) in [5, 5.41) is 14.6. The SMILES string of the molecule is O=C(CC1COCCN1)N1CCC(Nc2cccnn2)CC1. The van der Waals surface area contributed by atoms with E-state index in [-0.39, 0.29) is 11.9 Å². The topological polar surface area (TPSA) is 79.4 Å². The Bertz CT molecular complexity index is 470. The maximum absolute atomic E-state index is 12.3. The van der Waals surface area contributed by atoms with Crippen LogP contribution in [0.3, 0.4) is 0 Å². The Hall–Kier alpha value is -1.73. The quantitative estimate of drug-likeness (QED) is 0.830. The van der Waals surface area contributed by atoms with Crippen molar-refractivity contribution in [2.24, 2.45) is 0 Å². The van der Waals surface area contributed by atoms with E-state index in [1.54, 1.807) is 6.20 Å². The second-order valence-electron chi connectivity index (χ2n) is 5.84. The molecule has 0 bridgehead atoms. The van der Waals surface area contributed by atoms with Crippen LogP contribution in [0.15, 0.2) is 18.3 Å². The van der Waals surface area contributed by atoms with Gasteiger partial charge in [0.2, 0.25) is 5.91 Å². The Balaban J connectivity index is 1.42. The first kappa shape index (κ1) is 15.2. The number of likely N-dealkylation sites (tertiary alicyclic amines) is 1. The number of carbonyl (C=O) groups excluding carboxylic acids is 1. The molecule has 0 aromatic carbocycles. The normalized spacial score (nSPS) is 23.3. The second-order valence-corrected chi connectivity index (χ2v) is 5.84. The number of hydrogen-bond donors (Lipinski definition) is 2. The van der Waals surface area contributed by atoms with Crippen LogP contribution in [0.1, 0.15) is 19.3 Å². The van der Waals surface area contributed by atoms with E-state index in [4.69, 9.17) is 4.74 Å².